The van der Waals surface area contributed by atoms with Gasteiger partial charge in [-0.05, 0) is 74.5 Å². The molecule has 1 amide bonds. The lowest BCUT2D eigenvalue weighted by Gasteiger charge is -2.57. The number of rotatable bonds is 8. The summed E-state index contributed by atoms with van der Waals surface area (Å²) in [5.74, 6) is 3.22. The van der Waals surface area contributed by atoms with Gasteiger partial charge in [0.2, 0.25) is 5.91 Å². The second-order valence-electron chi connectivity index (χ2n) is 9.10. The molecule has 4 bridgehead atoms. The number of thioether (sulfide) groups is 1. The minimum Gasteiger partial charge on any atom is -0.355 e. The monoisotopic (exact) mass is 389 g/mol. The Bertz CT molecular complexity index is 710. The predicted octanol–water partition coefficient (Wildman–Crippen LogP) is 3.54. The van der Waals surface area contributed by atoms with Crippen LogP contribution in [0.3, 0.4) is 0 Å². The van der Waals surface area contributed by atoms with Crippen LogP contribution in [0.1, 0.15) is 64.0 Å². The number of hydrogen-bond acceptors (Lipinski definition) is 4. The van der Waals surface area contributed by atoms with Crippen LogP contribution in [0.15, 0.2) is 16.0 Å². The minimum absolute atomic E-state index is 0.0354. The van der Waals surface area contributed by atoms with Crippen LogP contribution < -0.4 is 10.9 Å². The zero-order valence-corrected chi connectivity index (χ0v) is 17.1. The second-order valence-corrected chi connectivity index (χ2v) is 10.1. The molecule has 0 unspecified atom stereocenters. The summed E-state index contributed by atoms with van der Waals surface area (Å²) in [6, 6.07) is 1.54. The van der Waals surface area contributed by atoms with Crippen molar-refractivity contribution in [2.24, 2.45) is 23.2 Å². The third-order valence-electron chi connectivity index (χ3n) is 6.76. The molecule has 0 saturated heterocycles. The zero-order valence-electron chi connectivity index (χ0n) is 16.3. The van der Waals surface area contributed by atoms with Gasteiger partial charge in [0.25, 0.3) is 5.56 Å². The van der Waals surface area contributed by atoms with E-state index in [-0.39, 0.29) is 11.5 Å². The maximum atomic E-state index is 12.2. The van der Waals surface area contributed by atoms with Crippen LogP contribution in [-0.2, 0) is 11.2 Å². The molecule has 0 aromatic carbocycles. The van der Waals surface area contributed by atoms with Crippen LogP contribution in [0.4, 0.5) is 0 Å². The molecule has 27 heavy (non-hydrogen) atoms. The Morgan fingerprint density at radius 3 is 2.56 bits per heavy atom. The largest absolute Gasteiger partial charge is 0.355 e. The molecule has 4 fully saturated rings. The lowest BCUT2D eigenvalue weighted by atomic mass is 9.49. The molecule has 2 N–H and O–H groups in total. The first-order chi connectivity index (χ1) is 13.0. The van der Waals surface area contributed by atoms with Gasteiger partial charge in [-0.2, -0.15) is 0 Å². The van der Waals surface area contributed by atoms with Gasteiger partial charge in [0.15, 0.2) is 5.16 Å². The van der Waals surface area contributed by atoms with E-state index in [9.17, 15) is 9.59 Å². The van der Waals surface area contributed by atoms with Crippen molar-refractivity contribution in [1.29, 1.82) is 0 Å². The van der Waals surface area contributed by atoms with Crippen molar-refractivity contribution in [3.63, 3.8) is 0 Å². The van der Waals surface area contributed by atoms with Crippen molar-refractivity contribution in [3.8, 4) is 0 Å². The third-order valence-corrected chi connectivity index (χ3v) is 7.63. The molecule has 0 spiro atoms. The van der Waals surface area contributed by atoms with Crippen molar-refractivity contribution in [1.82, 2.24) is 15.3 Å². The summed E-state index contributed by atoms with van der Waals surface area (Å²) in [4.78, 5) is 31.1. The van der Waals surface area contributed by atoms with Gasteiger partial charge in [0, 0.05) is 18.3 Å². The van der Waals surface area contributed by atoms with Gasteiger partial charge in [-0.15, -0.1) is 0 Å². The number of amides is 1. The first-order valence-corrected chi connectivity index (χ1v) is 11.5. The number of nitrogens with one attached hydrogen (secondary N) is 2. The quantitative estimate of drug-likeness (QED) is 0.527. The van der Waals surface area contributed by atoms with Gasteiger partial charge < -0.3 is 10.3 Å². The van der Waals surface area contributed by atoms with E-state index in [0.29, 0.717) is 16.3 Å². The smallest absolute Gasteiger partial charge is 0.251 e. The van der Waals surface area contributed by atoms with Crippen LogP contribution in [0.2, 0.25) is 0 Å². The Kier molecular flexibility index (Phi) is 5.62. The molecule has 1 heterocycles. The number of aromatic amines is 1. The SMILES string of the molecule is CCCc1cc(=O)[nH]c(SCC(=O)NCCC23CC4CC(CC(C4)C2)C3)n1. The molecular formula is C21H31N3O2S. The van der Waals surface area contributed by atoms with Crippen molar-refractivity contribution in [2.75, 3.05) is 12.3 Å². The highest BCUT2D eigenvalue weighted by Gasteiger charge is 2.50. The molecular weight excluding hydrogens is 358 g/mol. The van der Waals surface area contributed by atoms with Crippen LogP contribution in [0.5, 0.6) is 0 Å². The maximum absolute atomic E-state index is 12.2. The summed E-state index contributed by atoms with van der Waals surface area (Å²) < 4.78 is 0. The number of H-pyrrole nitrogens is 1. The van der Waals surface area contributed by atoms with Crippen molar-refractivity contribution < 1.29 is 4.79 Å². The molecule has 4 saturated carbocycles. The summed E-state index contributed by atoms with van der Waals surface area (Å²) in [6.45, 7) is 2.85. The minimum atomic E-state index is -0.141. The normalized spacial score (nSPS) is 31.2. The standard InChI is InChI=1S/C21H31N3O2S/c1-2-3-17-9-18(25)24-20(23-17)27-13-19(26)22-5-4-21-10-14-6-15(11-21)8-16(7-14)12-21/h9,14-16H,2-8,10-13H2,1H3,(H,22,26)(H,23,24,25). The fourth-order valence-electron chi connectivity index (χ4n) is 6.18. The number of carbonyl (C=O) groups is 1. The van der Waals surface area contributed by atoms with Crippen LogP contribution >= 0.6 is 11.8 Å². The molecule has 0 radical (unpaired) electrons. The number of nitrogens with zero attached hydrogens (tertiary/aromatic N) is 1. The van der Waals surface area contributed by atoms with E-state index in [1.165, 1.54) is 50.3 Å². The third kappa shape index (κ3) is 4.58. The van der Waals surface area contributed by atoms with Crippen molar-refractivity contribution in [3.05, 3.63) is 22.1 Å². The van der Waals surface area contributed by atoms with E-state index < -0.39 is 0 Å². The Morgan fingerprint density at radius 2 is 1.93 bits per heavy atom. The lowest BCUT2D eigenvalue weighted by Crippen LogP contribution is -2.47. The Hall–Kier alpha value is -1.30. The van der Waals surface area contributed by atoms with E-state index in [1.807, 2.05) is 0 Å². The fourth-order valence-corrected chi connectivity index (χ4v) is 6.91. The summed E-state index contributed by atoms with van der Waals surface area (Å²) in [5.41, 5.74) is 1.17. The van der Waals surface area contributed by atoms with E-state index in [2.05, 4.69) is 22.2 Å². The number of aromatic nitrogens is 2. The lowest BCUT2D eigenvalue weighted by molar-refractivity contribution is -0.119. The summed E-state index contributed by atoms with van der Waals surface area (Å²) in [7, 11) is 0. The molecule has 5 nitrogen and oxygen atoms in total. The van der Waals surface area contributed by atoms with Crippen LogP contribution in [0.25, 0.3) is 0 Å². The number of aryl methyl sites for hydroxylation is 1. The first-order valence-electron chi connectivity index (χ1n) is 10.5. The van der Waals surface area contributed by atoms with Gasteiger partial charge in [-0.25, -0.2) is 4.98 Å². The summed E-state index contributed by atoms with van der Waals surface area (Å²) in [6.07, 6.45) is 11.4. The number of carbonyl (C=O) groups excluding carboxylic acids is 1. The molecule has 4 aliphatic carbocycles. The van der Waals surface area contributed by atoms with Gasteiger partial charge in [0.1, 0.15) is 0 Å². The average Bonchev–Trinajstić information content (AvgIpc) is 2.58. The second kappa shape index (κ2) is 7.98. The molecule has 1 aromatic rings. The Balaban J connectivity index is 1.23. The predicted molar refractivity (Wildman–Crippen MR) is 108 cm³/mol. The van der Waals surface area contributed by atoms with Crippen LogP contribution in [-0.4, -0.2) is 28.2 Å². The van der Waals surface area contributed by atoms with E-state index in [0.717, 1.165) is 49.3 Å². The molecule has 4 aliphatic rings. The van der Waals surface area contributed by atoms with E-state index >= 15 is 0 Å². The molecule has 5 rings (SSSR count). The van der Waals surface area contributed by atoms with Gasteiger partial charge >= 0.3 is 0 Å². The summed E-state index contributed by atoms with van der Waals surface area (Å²) in [5, 5.41) is 3.65. The molecule has 0 atom stereocenters. The number of hydrogen-bond donors (Lipinski definition) is 2. The van der Waals surface area contributed by atoms with E-state index in [1.54, 1.807) is 6.07 Å². The fraction of sp³-hybridized carbons (Fsp3) is 0.762. The van der Waals surface area contributed by atoms with E-state index in [4.69, 9.17) is 0 Å². The van der Waals surface area contributed by atoms with Gasteiger partial charge in [0.05, 0.1) is 5.75 Å². The molecule has 1 aromatic heterocycles. The van der Waals surface area contributed by atoms with Gasteiger partial charge in [-0.3, -0.25) is 9.59 Å². The summed E-state index contributed by atoms with van der Waals surface area (Å²) >= 11 is 1.31. The Labute approximate surface area is 165 Å². The topological polar surface area (TPSA) is 74.8 Å². The molecule has 148 valence electrons. The maximum Gasteiger partial charge on any atom is 0.251 e. The van der Waals surface area contributed by atoms with Crippen LogP contribution in [0, 0.1) is 23.2 Å². The molecule has 0 aliphatic heterocycles. The highest BCUT2D eigenvalue weighted by molar-refractivity contribution is 7.99. The zero-order chi connectivity index (χ0) is 18.9. The highest BCUT2D eigenvalue weighted by atomic mass is 32.2. The van der Waals surface area contributed by atoms with Gasteiger partial charge in [-0.1, -0.05) is 25.1 Å². The first kappa shape index (κ1) is 19.0. The van der Waals surface area contributed by atoms with Crippen molar-refractivity contribution >= 4 is 17.7 Å². The highest BCUT2D eigenvalue weighted by Crippen LogP contribution is 2.61. The van der Waals surface area contributed by atoms with Crippen molar-refractivity contribution in [2.45, 2.75) is 69.9 Å². The Morgan fingerprint density at radius 1 is 1.26 bits per heavy atom. The molecule has 6 heteroatoms. The average molecular weight is 390 g/mol.